The van der Waals surface area contributed by atoms with Crippen LogP contribution < -0.4 is 0 Å². The van der Waals surface area contributed by atoms with E-state index in [1.54, 1.807) is 0 Å². The van der Waals surface area contributed by atoms with Crippen molar-refractivity contribution in [1.29, 1.82) is 0 Å². The minimum atomic E-state index is 0.980. The predicted molar refractivity (Wildman–Crippen MR) is 194 cm³/mol. The summed E-state index contributed by atoms with van der Waals surface area (Å²) in [5.74, 6) is 0. The number of fused-ring (bicyclic) bond motifs is 11. The Morgan fingerprint density at radius 1 is 0.435 bits per heavy atom. The first-order valence-corrected chi connectivity index (χ1v) is 16.0. The molecule has 0 radical (unpaired) electrons. The number of pyridine rings is 1. The molecule has 0 spiro atoms. The van der Waals surface area contributed by atoms with Crippen molar-refractivity contribution in [2.24, 2.45) is 0 Å². The second kappa shape index (κ2) is 9.79. The third-order valence-corrected chi connectivity index (χ3v) is 9.82. The Balaban J connectivity index is 1.17. The summed E-state index contributed by atoms with van der Waals surface area (Å²) in [7, 11) is 0. The summed E-state index contributed by atoms with van der Waals surface area (Å²) in [5, 5.41) is 6.26. The van der Waals surface area contributed by atoms with Crippen LogP contribution >= 0.6 is 0 Å². The molecule has 0 bridgehead atoms. The molecule has 3 heteroatoms. The van der Waals surface area contributed by atoms with E-state index in [4.69, 9.17) is 4.98 Å². The van der Waals surface area contributed by atoms with Gasteiger partial charge in [0.2, 0.25) is 0 Å². The average Bonchev–Trinajstić information content (AvgIpc) is 3.69. The van der Waals surface area contributed by atoms with E-state index in [-0.39, 0.29) is 0 Å². The number of aromatic nitrogens is 3. The molecule has 0 saturated carbocycles. The van der Waals surface area contributed by atoms with Gasteiger partial charge in [-0.25, -0.2) is 4.98 Å². The van der Waals surface area contributed by atoms with Crippen molar-refractivity contribution < 1.29 is 0 Å². The second-order valence-corrected chi connectivity index (χ2v) is 12.3. The lowest BCUT2D eigenvalue weighted by molar-refractivity contribution is 0.992. The van der Waals surface area contributed by atoms with Gasteiger partial charge in [-0.3, -0.25) is 4.40 Å². The number of benzene rings is 6. The Morgan fingerprint density at radius 3 is 1.85 bits per heavy atom. The first-order chi connectivity index (χ1) is 22.8. The van der Waals surface area contributed by atoms with Gasteiger partial charge < -0.3 is 4.57 Å². The van der Waals surface area contributed by atoms with Crippen LogP contribution in [-0.2, 0) is 0 Å². The highest BCUT2D eigenvalue weighted by Gasteiger charge is 2.18. The van der Waals surface area contributed by atoms with Crippen molar-refractivity contribution in [3.8, 4) is 11.1 Å². The molecule has 216 valence electrons. The van der Waals surface area contributed by atoms with Gasteiger partial charge >= 0.3 is 0 Å². The van der Waals surface area contributed by atoms with Crippen LogP contribution in [0.3, 0.4) is 0 Å². The number of hydrogen-bond donors (Lipinski definition) is 0. The topological polar surface area (TPSA) is 22.2 Å². The van der Waals surface area contributed by atoms with Crippen LogP contribution in [0, 0.1) is 0 Å². The van der Waals surface area contributed by atoms with Crippen LogP contribution in [0.15, 0.2) is 152 Å². The highest BCUT2D eigenvalue weighted by atomic mass is 15.0. The molecule has 0 atom stereocenters. The van der Waals surface area contributed by atoms with Crippen molar-refractivity contribution in [2.45, 2.75) is 12.8 Å². The number of hydrogen-bond acceptors (Lipinski definition) is 1. The van der Waals surface area contributed by atoms with Crippen LogP contribution in [-0.4, -0.2) is 14.0 Å². The van der Waals surface area contributed by atoms with Crippen molar-refractivity contribution in [2.75, 3.05) is 0 Å². The summed E-state index contributed by atoms with van der Waals surface area (Å²) in [6.45, 7) is 0. The highest BCUT2D eigenvalue weighted by Crippen LogP contribution is 2.39. The van der Waals surface area contributed by atoms with E-state index in [2.05, 4.69) is 161 Å². The van der Waals surface area contributed by atoms with Gasteiger partial charge in [0, 0.05) is 27.2 Å². The van der Waals surface area contributed by atoms with E-state index in [0.29, 0.717) is 0 Å². The minimum Gasteiger partial charge on any atom is -0.313 e. The van der Waals surface area contributed by atoms with E-state index in [9.17, 15) is 0 Å². The van der Waals surface area contributed by atoms with Crippen LogP contribution in [0.1, 0.15) is 18.4 Å². The summed E-state index contributed by atoms with van der Waals surface area (Å²) in [6.07, 6.45) is 6.63. The second-order valence-electron chi connectivity index (χ2n) is 12.3. The lowest BCUT2D eigenvalue weighted by Crippen LogP contribution is -2.01. The maximum absolute atomic E-state index is 5.16. The summed E-state index contributed by atoms with van der Waals surface area (Å²) in [4.78, 5) is 5.16. The summed E-state index contributed by atoms with van der Waals surface area (Å²) >= 11 is 0. The lowest BCUT2D eigenvalue weighted by Gasteiger charge is -2.19. The molecule has 0 unspecified atom stereocenters. The lowest BCUT2D eigenvalue weighted by atomic mass is 9.93. The van der Waals surface area contributed by atoms with Gasteiger partial charge in [0.25, 0.3) is 0 Å². The summed E-state index contributed by atoms with van der Waals surface area (Å²) < 4.78 is 4.82. The molecule has 0 fully saturated rings. The van der Waals surface area contributed by atoms with Crippen LogP contribution in [0.4, 0.5) is 0 Å². The van der Waals surface area contributed by atoms with E-state index in [1.807, 2.05) is 0 Å². The van der Waals surface area contributed by atoms with E-state index in [1.165, 1.54) is 71.4 Å². The van der Waals surface area contributed by atoms with Gasteiger partial charge in [0.05, 0.1) is 27.6 Å². The van der Waals surface area contributed by atoms with Crippen molar-refractivity contribution >= 4 is 71.4 Å². The van der Waals surface area contributed by atoms with Crippen molar-refractivity contribution in [3.63, 3.8) is 0 Å². The molecule has 9 aromatic rings. The highest BCUT2D eigenvalue weighted by molar-refractivity contribution is 6.15. The number of nitrogens with zero attached hydrogens (tertiary/aromatic N) is 3. The molecular formula is C43H29N3. The summed E-state index contributed by atoms with van der Waals surface area (Å²) in [6, 6.07) is 50.5. The van der Waals surface area contributed by atoms with Gasteiger partial charge in [-0.2, -0.15) is 0 Å². The molecule has 3 aromatic heterocycles. The smallest absolute Gasteiger partial charge is 0.146 e. The average molecular weight is 588 g/mol. The monoisotopic (exact) mass is 587 g/mol. The third kappa shape index (κ3) is 3.69. The zero-order valence-corrected chi connectivity index (χ0v) is 25.2. The first kappa shape index (κ1) is 25.4. The number of para-hydroxylation sites is 4. The zero-order valence-electron chi connectivity index (χ0n) is 25.2. The Bertz CT molecular complexity index is 2680. The third-order valence-electron chi connectivity index (χ3n) is 9.82. The van der Waals surface area contributed by atoms with Gasteiger partial charge in [-0.05, 0) is 89.0 Å². The molecule has 10 rings (SSSR count). The number of rotatable bonds is 3. The molecule has 6 aromatic carbocycles. The van der Waals surface area contributed by atoms with Gasteiger partial charge in [-0.1, -0.05) is 103 Å². The van der Waals surface area contributed by atoms with Gasteiger partial charge in [-0.15, -0.1) is 0 Å². The van der Waals surface area contributed by atoms with Gasteiger partial charge in [0.15, 0.2) is 0 Å². The molecule has 1 aliphatic rings. The van der Waals surface area contributed by atoms with Crippen molar-refractivity contribution in [3.05, 3.63) is 157 Å². The molecule has 46 heavy (non-hydrogen) atoms. The fourth-order valence-corrected chi connectivity index (χ4v) is 7.65. The van der Waals surface area contributed by atoms with Crippen LogP contribution in [0.2, 0.25) is 0 Å². The molecule has 3 nitrogen and oxygen atoms in total. The largest absolute Gasteiger partial charge is 0.313 e. The number of allylic oxidation sites excluding steroid dienone is 4. The normalized spacial score (nSPS) is 13.7. The fraction of sp³-hybridized carbons (Fsp3) is 0.0465. The van der Waals surface area contributed by atoms with Crippen LogP contribution in [0.5, 0.6) is 0 Å². The SMILES string of the molecule is C1=C(c2ccc3c4cc(-c5ccccc5)ccc4c4nc5ccccc5n4c3c2)CCC(n2c3ccccc3c3ccccc32)=C1. The van der Waals surface area contributed by atoms with E-state index >= 15 is 0 Å². The molecule has 3 heterocycles. The van der Waals surface area contributed by atoms with Crippen molar-refractivity contribution in [1.82, 2.24) is 14.0 Å². The molecule has 0 N–H and O–H groups in total. The quantitative estimate of drug-likeness (QED) is 0.189. The Morgan fingerprint density at radius 2 is 1.09 bits per heavy atom. The molecule has 1 aliphatic carbocycles. The van der Waals surface area contributed by atoms with E-state index in [0.717, 1.165) is 29.5 Å². The number of imidazole rings is 1. The maximum atomic E-state index is 5.16. The zero-order chi connectivity index (χ0) is 30.2. The summed E-state index contributed by atoms with van der Waals surface area (Å²) in [5.41, 5.74) is 13.3. The molecule has 0 saturated heterocycles. The maximum Gasteiger partial charge on any atom is 0.146 e. The standard InChI is InChI=1S/C43H29N3/c1-2-10-28(11-3-1)30-21-25-36-37(26-30)35-24-20-31(27-42(35)46-41-17-9-6-14-38(41)44-43(36)46)29-18-22-32(23-19-29)45-39-15-7-4-12-33(39)34-13-5-8-16-40(34)45/h1-18,20-22,24-27H,19,23H2. The first-order valence-electron chi connectivity index (χ1n) is 16.0. The van der Waals surface area contributed by atoms with Gasteiger partial charge in [0.1, 0.15) is 5.65 Å². The van der Waals surface area contributed by atoms with Crippen LogP contribution in [0.25, 0.3) is 82.6 Å². The Hall–Kier alpha value is -5.93. The van der Waals surface area contributed by atoms with E-state index < -0.39 is 0 Å². The molecule has 0 amide bonds. The Labute approximate surface area is 266 Å². The molecule has 0 aliphatic heterocycles. The fourth-order valence-electron chi connectivity index (χ4n) is 7.65. The molecular weight excluding hydrogens is 558 g/mol. The Kier molecular flexibility index (Phi) is 5.40. The predicted octanol–water partition coefficient (Wildman–Crippen LogP) is 11.3. The minimum absolute atomic E-state index is 0.980.